The van der Waals surface area contributed by atoms with Gasteiger partial charge in [-0.15, -0.1) is 0 Å². The Balaban J connectivity index is 1.61. The van der Waals surface area contributed by atoms with Gasteiger partial charge in [0.1, 0.15) is 17.2 Å². The van der Waals surface area contributed by atoms with Gasteiger partial charge in [0, 0.05) is 31.4 Å². The summed E-state index contributed by atoms with van der Waals surface area (Å²) in [6.45, 7) is 5.97. The largest absolute Gasteiger partial charge is 0.460 e. The maximum Gasteiger partial charge on any atom is 0.219 e. The van der Waals surface area contributed by atoms with Crippen LogP contribution < -0.4 is 5.32 Å². The number of carbonyl (C=O) groups is 1. The number of furan rings is 1. The van der Waals surface area contributed by atoms with Crippen LogP contribution in [0.3, 0.4) is 0 Å². The van der Waals surface area contributed by atoms with Gasteiger partial charge in [-0.3, -0.25) is 4.79 Å². The van der Waals surface area contributed by atoms with Crippen molar-refractivity contribution in [3.8, 4) is 0 Å². The van der Waals surface area contributed by atoms with Crippen molar-refractivity contribution in [1.82, 2.24) is 10.2 Å². The molecule has 1 aliphatic rings. The molecule has 0 saturated carbocycles. The number of hydrogen-bond acceptors (Lipinski definition) is 3. The minimum Gasteiger partial charge on any atom is -0.460 e. The van der Waals surface area contributed by atoms with Crippen LogP contribution in [-0.4, -0.2) is 29.9 Å². The molecule has 1 aliphatic heterocycles. The molecule has 1 amide bonds. The summed E-state index contributed by atoms with van der Waals surface area (Å²) in [6.07, 6.45) is 0.940. The van der Waals surface area contributed by atoms with Gasteiger partial charge < -0.3 is 14.6 Å². The van der Waals surface area contributed by atoms with E-state index in [9.17, 15) is 9.18 Å². The van der Waals surface area contributed by atoms with Crippen LogP contribution in [0, 0.1) is 11.7 Å². The molecule has 0 unspecified atom stereocenters. The second kappa shape index (κ2) is 6.08. The summed E-state index contributed by atoms with van der Waals surface area (Å²) >= 11 is 0. The molecule has 2 heterocycles. The van der Waals surface area contributed by atoms with Gasteiger partial charge in [0.05, 0.1) is 6.54 Å². The fraction of sp³-hybridized carbons (Fsp3) is 0.471. The molecule has 118 valence electrons. The van der Waals surface area contributed by atoms with E-state index in [1.807, 2.05) is 11.0 Å². The zero-order valence-electron chi connectivity index (χ0n) is 12.9. The van der Waals surface area contributed by atoms with Gasteiger partial charge in [-0.1, -0.05) is 6.92 Å². The van der Waals surface area contributed by atoms with E-state index in [1.54, 1.807) is 13.0 Å². The number of piperidine rings is 1. The highest BCUT2D eigenvalue weighted by Crippen LogP contribution is 2.22. The van der Waals surface area contributed by atoms with E-state index < -0.39 is 0 Å². The molecule has 0 bridgehead atoms. The van der Waals surface area contributed by atoms with Crippen LogP contribution in [0.5, 0.6) is 0 Å². The summed E-state index contributed by atoms with van der Waals surface area (Å²) in [5.41, 5.74) is 0.706. The molecule has 2 atom stereocenters. The molecule has 1 saturated heterocycles. The van der Waals surface area contributed by atoms with E-state index >= 15 is 0 Å². The van der Waals surface area contributed by atoms with Crippen molar-refractivity contribution in [3.05, 3.63) is 35.8 Å². The number of halogens is 1. The second-order valence-electron chi connectivity index (χ2n) is 6.11. The zero-order chi connectivity index (χ0) is 15.7. The van der Waals surface area contributed by atoms with Crippen LogP contribution in [0.4, 0.5) is 4.39 Å². The number of hydrogen-bond donors (Lipinski definition) is 1. The third-order valence-electron chi connectivity index (χ3n) is 4.42. The van der Waals surface area contributed by atoms with E-state index in [0.29, 0.717) is 24.1 Å². The number of fused-ring (bicyclic) bond motifs is 1. The fourth-order valence-electron chi connectivity index (χ4n) is 3.12. The molecule has 0 spiro atoms. The van der Waals surface area contributed by atoms with Crippen molar-refractivity contribution in [2.75, 3.05) is 13.1 Å². The maximum absolute atomic E-state index is 13.2. The van der Waals surface area contributed by atoms with Gasteiger partial charge in [-0.2, -0.15) is 0 Å². The first kappa shape index (κ1) is 15.0. The highest BCUT2D eigenvalue weighted by Gasteiger charge is 2.26. The smallest absolute Gasteiger partial charge is 0.219 e. The lowest BCUT2D eigenvalue weighted by Crippen LogP contribution is -2.49. The fourth-order valence-corrected chi connectivity index (χ4v) is 3.12. The van der Waals surface area contributed by atoms with Crippen LogP contribution in [0.15, 0.2) is 28.7 Å². The predicted molar refractivity (Wildman–Crippen MR) is 82.8 cm³/mol. The number of carbonyl (C=O) groups excluding carboxylic acids is 1. The van der Waals surface area contributed by atoms with Crippen LogP contribution >= 0.6 is 0 Å². The van der Waals surface area contributed by atoms with Crippen LogP contribution in [0.1, 0.15) is 26.0 Å². The minimum atomic E-state index is -0.252. The van der Waals surface area contributed by atoms with E-state index in [4.69, 9.17) is 4.42 Å². The molecule has 5 heteroatoms. The van der Waals surface area contributed by atoms with E-state index in [-0.39, 0.29) is 11.7 Å². The number of nitrogens with one attached hydrogen (secondary N) is 1. The first-order valence-corrected chi connectivity index (χ1v) is 7.70. The molecule has 1 aromatic carbocycles. The highest BCUT2D eigenvalue weighted by molar-refractivity contribution is 5.77. The molecule has 3 rings (SSSR count). The summed E-state index contributed by atoms with van der Waals surface area (Å²) in [5.74, 6) is 1.10. The number of rotatable bonds is 3. The Labute approximate surface area is 129 Å². The average Bonchev–Trinajstić information content (AvgIpc) is 2.87. The van der Waals surface area contributed by atoms with Gasteiger partial charge in [0.25, 0.3) is 0 Å². The Morgan fingerprint density at radius 2 is 2.27 bits per heavy atom. The first-order chi connectivity index (χ1) is 10.5. The molecule has 1 aromatic heterocycles. The van der Waals surface area contributed by atoms with Gasteiger partial charge in [0.15, 0.2) is 0 Å². The van der Waals surface area contributed by atoms with E-state index in [0.717, 1.165) is 30.7 Å². The topological polar surface area (TPSA) is 45.5 Å². The van der Waals surface area contributed by atoms with E-state index in [1.165, 1.54) is 12.1 Å². The SMILES string of the molecule is CC(=O)N1CC[C@@H](NCc2cc3cc(F)ccc3o2)[C@@H](C)C1. The van der Waals surface area contributed by atoms with Crippen molar-refractivity contribution < 1.29 is 13.6 Å². The first-order valence-electron chi connectivity index (χ1n) is 7.70. The summed E-state index contributed by atoms with van der Waals surface area (Å²) in [7, 11) is 0. The van der Waals surface area contributed by atoms with Crippen molar-refractivity contribution in [2.45, 2.75) is 32.9 Å². The van der Waals surface area contributed by atoms with Crippen molar-refractivity contribution in [2.24, 2.45) is 5.92 Å². The molecule has 2 aromatic rings. The third kappa shape index (κ3) is 3.14. The normalized spacial score (nSPS) is 22.2. The lowest BCUT2D eigenvalue weighted by atomic mass is 9.94. The number of likely N-dealkylation sites (tertiary alicyclic amines) is 1. The molecule has 1 N–H and O–H groups in total. The quantitative estimate of drug-likeness (QED) is 0.948. The number of nitrogens with zero attached hydrogens (tertiary/aromatic N) is 1. The van der Waals surface area contributed by atoms with Crippen LogP contribution in [0.25, 0.3) is 11.0 Å². The molecule has 22 heavy (non-hydrogen) atoms. The van der Waals surface area contributed by atoms with Crippen molar-refractivity contribution >= 4 is 16.9 Å². The summed E-state index contributed by atoms with van der Waals surface area (Å²) < 4.78 is 18.9. The third-order valence-corrected chi connectivity index (χ3v) is 4.42. The lowest BCUT2D eigenvalue weighted by Gasteiger charge is -2.36. The Morgan fingerprint density at radius 1 is 1.45 bits per heavy atom. The molecular formula is C17H21FN2O2. The van der Waals surface area contributed by atoms with Crippen LogP contribution in [-0.2, 0) is 11.3 Å². The standard InChI is InChI=1S/C17H21FN2O2/c1-11-10-20(12(2)21)6-5-16(11)19-9-15-8-13-7-14(18)3-4-17(13)22-15/h3-4,7-8,11,16,19H,5-6,9-10H2,1-2H3/t11-,16+/m0/s1. The summed E-state index contributed by atoms with van der Waals surface area (Å²) in [4.78, 5) is 13.3. The molecule has 1 fully saturated rings. The maximum atomic E-state index is 13.2. The predicted octanol–water partition coefficient (Wildman–Crippen LogP) is 2.92. The Bertz CT molecular complexity index is 682. The molecule has 0 radical (unpaired) electrons. The van der Waals surface area contributed by atoms with Crippen molar-refractivity contribution in [3.63, 3.8) is 0 Å². The summed E-state index contributed by atoms with van der Waals surface area (Å²) in [5, 5.41) is 4.29. The zero-order valence-corrected chi connectivity index (χ0v) is 12.9. The van der Waals surface area contributed by atoms with Gasteiger partial charge in [-0.05, 0) is 36.6 Å². The van der Waals surface area contributed by atoms with E-state index in [2.05, 4.69) is 12.2 Å². The number of benzene rings is 1. The van der Waals surface area contributed by atoms with Crippen molar-refractivity contribution in [1.29, 1.82) is 0 Å². The van der Waals surface area contributed by atoms with Gasteiger partial charge in [-0.25, -0.2) is 4.39 Å². The Hall–Kier alpha value is -1.88. The van der Waals surface area contributed by atoms with Gasteiger partial charge >= 0.3 is 0 Å². The molecule has 4 nitrogen and oxygen atoms in total. The molecule has 0 aliphatic carbocycles. The average molecular weight is 304 g/mol. The summed E-state index contributed by atoms with van der Waals surface area (Å²) in [6, 6.07) is 6.78. The highest BCUT2D eigenvalue weighted by atomic mass is 19.1. The second-order valence-corrected chi connectivity index (χ2v) is 6.11. The van der Waals surface area contributed by atoms with Gasteiger partial charge in [0.2, 0.25) is 5.91 Å². The monoisotopic (exact) mass is 304 g/mol. The Kier molecular flexibility index (Phi) is 4.16. The minimum absolute atomic E-state index is 0.143. The van der Waals surface area contributed by atoms with Crippen LogP contribution in [0.2, 0.25) is 0 Å². The Morgan fingerprint density at radius 3 is 3.00 bits per heavy atom. The molecular weight excluding hydrogens is 283 g/mol. The lowest BCUT2D eigenvalue weighted by molar-refractivity contribution is -0.130. The number of amides is 1.